The van der Waals surface area contributed by atoms with Crippen molar-refractivity contribution in [3.63, 3.8) is 0 Å². The van der Waals surface area contributed by atoms with E-state index in [1.165, 1.54) is 18.2 Å². The van der Waals surface area contributed by atoms with Crippen molar-refractivity contribution in [3.8, 4) is 0 Å². The van der Waals surface area contributed by atoms with Crippen LogP contribution in [0.1, 0.15) is 38.2 Å². The Morgan fingerprint density at radius 3 is 2.28 bits per heavy atom. The first kappa shape index (κ1) is 13.5. The van der Waals surface area contributed by atoms with Crippen molar-refractivity contribution in [2.75, 3.05) is 7.11 Å². The summed E-state index contributed by atoms with van der Waals surface area (Å²) in [5.74, 6) is -0.256. The van der Waals surface area contributed by atoms with Gasteiger partial charge in [0.15, 0.2) is 0 Å². The van der Waals surface area contributed by atoms with Crippen molar-refractivity contribution in [1.82, 2.24) is 0 Å². The molecule has 0 aliphatic heterocycles. The fourth-order valence-corrected chi connectivity index (χ4v) is 2.76. The van der Waals surface area contributed by atoms with Crippen LogP contribution >= 0.6 is 0 Å². The van der Waals surface area contributed by atoms with Crippen molar-refractivity contribution < 1.29 is 13.5 Å². The van der Waals surface area contributed by atoms with E-state index in [-0.39, 0.29) is 5.56 Å². The van der Waals surface area contributed by atoms with E-state index in [9.17, 15) is 8.78 Å². The third-order valence-corrected chi connectivity index (χ3v) is 4.18. The third-order valence-electron chi connectivity index (χ3n) is 4.18. The highest BCUT2D eigenvalue weighted by Gasteiger charge is 2.35. The summed E-state index contributed by atoms with van der Waals surface area (Å²) in [6, 6.07) is 4.02. The Kier molecular flexibility index (Phi) is 4.00. The molecule has 0 radical (unpaired) electrons. The van der Waals surface area contributed by atoms with E-state index < -0.39 is 17.2 Å². The Hall–Kier alpha value is -0.960. The molecular weight excluding hydrogens is 234 g/mol. The molecule has 1 saturated carbocycles. The lowest BCUT2D eigenvalue weighted by Gasteiger charge is -2.38. The zero-order chi connectivity index (χ0) is 13.2. The lowest BCUT2D eigenvalue weighted by atomic mass is 9.76. The Morgan fingerprint density at radius 1 is 1.22 bits per heavy atom. The summed E-state index contributed by atoms with van der Waals surface area (Å²) < 4.78 is 33.0. The van der Waals surface area contributed by atoms with Gasteiger partial charge in [0.25, 0.3) is 0 Å². The summed E-state index contributed by atoms with van der Waals surface area (Å²) in [7, 11) is 1.65. The molecule has 1 fully saturated rings. The largest absolute Gasteiger partial charge is 0.378 e. The molecule has 1 aromatic carbocycles. The number of benzene rings is 1. The van der Waals surface area contributed by atoms with Gasteiger partial charge in [0.05, 0.1) is 5.60 Å². The summed E-state index contributed by atoms with van der Waals surface area (Å²) in [6.45, 7) is 2.21. The van der Waals surface area contributed by atoms with Crippen LogP contribution in [0, 0.1) is 17.6 Å². The molecule has 100 valence electrons. The molecule has 0 atom stereocenters. The molecule has 2 rings (SSSR count). The number of hydrogen-bond acceptors (Lipinski definition) is 1. The van der Waals surface area contributed by atoms with Crippen LogP contribution in [0.15, 0.2) is 18.2 Å². The van der Waals surface area contributed by atoms with E-state index in [2.05, 4.69) is 6.92 Å². The Balaban J connectivity index is 2.20. The van der Waals surface area contributed by atoms with Crippen LogP contribution in [-0.2, 0) is 11.2 Å². The summed E-state index contributed by atoms with van der Waals surface area (Å²) in [5, 5.41) is 0. The Morgan fingerprint density at radius 2 is 1.78 bits per heavy atom. The summed E-state index contributed by atoms with van der Waals surface area (Å²) >= 11 is 0. The first-order chi connectivity index (χ1) is 8.56. The van der Waals surface area contributed by atoms with Crippen LogP contribution in [-0.4, -0.2) is 12.7 Å². The van der Waals surface area contributed by atoms with E-state index in [1.54, 1.807) is 7.11 Å². The SMILES string of the molecule is COC1(Cc2c(F)cccc2F)CCC(C)CC1. The molecule has 0 aromatic heterocycles. The second kappa shape index (κ2) is 5.35. The maximum Gasteiger partial charge on any atom is 0.129 e. The zero-order valence-electron chi connectivity index (χ0n) is 11.0. The normalized spacial score (nSPS) is 28.3. The van der Waals surface area contributed by atoms with Gasteiger partial charge in [0, 0.05) is 19.1 Å². The van der Waals surface area contributed by atoms with Gasteiger partial charge in [-0.3, -0.25) is 0 Å². The molecule has 0 unspecified atom stereocenters. The van der Waals surface area contributed by atoms with Crippen LogP contribution < -0.4 is 0 Å². The molecule has 0 saturated heterocycles. The number of halogens is 2. The third kappa shape index (κ3) is 2.72. The smallest absolute Gasteiger partial charge is 0.129 e. The Bertz CT molecular complexity index is 389. The quantitative estimate of drug-likeness (QED) is 0.789. The molecule has 18 heavy (non-hydrogen) atoms. The van der Waals surface area contributed by atoms with Crippen molar-refractivity contribution >= 4 is 0 Å². The monoisotopic (exact) mass is 254 g/mol. The molecule has 0 heterocycles. The first-order valence-corrected chi connectivity index (χ1v) is 6.54. The highest BCUT2D eigenvalue weighted by molar-refractivity contribution is 5.22. The van der Waals surface area contributed by atoms with E-state index in [0.29, 0.717) is 12.3 Å². The first-order valence-electron chi connectivity index (χ1n) is 6.54. The van der Waals surface area contributed by atoms with Gasteiger partial charge in [-0.25, -0.2) is 8.78 Å². The van der Waals surface area contributed by atoms with E-state index in [0.717, 1.165) is 25.7 Å². The average molecular weight is 254 g/mol. The van der Waals surface area contributed by atoms with Crippen molar-refractivity contribution in [3.05, 3.63) is 35.4 Å². The minimum atomic E-state index is -0.468. The highest BCUT2D eigenvalue weighted by atomic mass is 19.1. The molecule has 0 N–H and O–H groups in total. The maximum absolute atomic E-state index is 13.7. The van der Waals surface area contributed by atoms with E-state index >= 15 is 0 Å². The molecule has 0 amide bonds. The summed E-state index contributed by atoms with van der Waals surface area (Å²) in [5.41, 5.74) is -0.232. The number of methoxy groups -OCH3 is 1. The van der Waals surface area contributed by atoms with Gasteiger partial charge in [0.2, 0.25) is 0 Å². The van der Waals surface area contributed by atoms with Gasteiger partial charge in [-0.15, -0.1) is 0 Å². The van der Waals surface area contributed by atoms with Gasteiger partial charge < -0.3 is 4.74 Å². The predicted molar refractivity (Wildman–Crippen MR) is 67.4 cm³/mol. The van der Waals surface area contributed by atoms with E-state index in [1.807, 2.05) is 0 Å². The van der Waals surface area contributed by atoms with Gasteiger partial charge in [-0.2, -0.15) is 0 Å². The summed E-state index contributed by atoms with van der Waals surface area (Å²) in [6.07, 6.45) is 4.19. The molecule has 3 heteroatoms. The van der Waals surface area contributed by atoms with Gasteiger partial charge in [-0.05, 0) is 43.7 Å². The number of rotatable bonds is 3. The average Bonchev–Trinajstić information content (AvgIpc) is 2.37. The van der Waals surface area contributed by atoms with E-state index in [4.69, 9.17) is 4.74 Å². The topological polar surface area (TPSA) is 9.23 Å². The minimum absolute atomic E-state index is 0.161. The zero-order valence-corrected chi connectivity index (χ0v) is 11.0. The second-order valence-corrected chi connectivity index (χ2v) is 5.45. The van der Waals surface area contributed by atoms with Crippen LogP contribution in [0.3, 0.4) is 0 Å². The summed E-state index contributed by atoms with van der Waals surface area (Å²) in [4.78, 5) is 0. The molecular formula is C15H20F2O. The maximum atomic E-state index is 13.7. The molecule has 1 aliphatic rings. The van der Waals surface area contributed by atoms with Gasteiger partial charge in [-0.1, -0.05) is 13.0 Å². The molecule has 0 bridgehead atoms. The standard InChI is InChI=1S/C15H20F2O/c1-11-6-8-15(18-2,9-7-11)10-12-13(16)4-3-5-14(12)17/h3-5,11H,6-10H2,1-2H3. The van der Waals surface area contributed by atoms with Gasteiger partial charge >= 0.3 is 0 Å². The molecule has 1 aliphatic carbocycles. The van der Waals surface area contributed by atoms with Crippen LogP contribution in [0.2, 0.25) is 0 Å². The lowest BCUT2D eigenvalue weighted by Crippen LogP contribution is -2.38. The molecule has 1 aromatic rings. The van der Waals surface area contributed by atoms with Crippen molar-refractivity contribution in [2.24, 2.45) is 5.92 Å². The number of hydrogen-bond donors (Lipinski definition) is 0. The van der Waals surface area contributed by atoms with Crippen LogP contribution in [0.4, 0.5) is 8.78 Å². The van der Waals surface area contributed by atoms with Crippen molar-refractivity contribution in [1.29, 1.82) is 0 Å². The molecule has 0 spiro atoms. The predicted octanol–water partition coefficient (Wildman–Crippen LogP) is 4.10. The minimum Gasteiger partial charge on any atom is -0.378 e. The number of ether oxygens (including phenoxy) is 1. The molecule has 1 nitrogen and oxygen atoms in total. The van der Waals surface area contributed by atoms with Crippen LogP contribution in [0.5, 0.6) is 0 Å². The van der Waals surface area contributed by atoms with Gasteiger partial charge in [0.1, 0.15) is 11.6 Å². The fourth-order valence-electron chi connectivity index (χ4n) is 2.76. The highest BCUT2D eigenvalue weighted by Crippen LogP contribution is 2.37. The fraction of sp³-hybridized carbons (Fsp3) is 0.600. The second-order valence-electron chi connectivity index (χ2n) is 5.45. The van der Waals surface area contributed by atoms with Crippen LogP contribution in [0.25, 0.3) is 0 Å². The Labute approximate surface area is 107 Å². The lowest BCUT2D eigenvalue weighted by molar-refractivity contribution is -0.0480. The van der Waals surface area contributed by atoms with Crippen molar-refractivity contribution in [2.45, 2.75) is 44.6 Å².